The van der Waals surface area contributed by atoms with Crippen LogP contribution in [0.2, 0.25) is 0 Å². The maximum absolute atomic E-state index is 11.4. The van der Waals surface area contributed by atoms with Gasteiger partial charge in [-0.3, -0.25) is 0 Å². The minimum Gasteiger partial charge on any atom is -0.390 e. The van der Waals surface area contributed by atoms with Crippen molar-refractivity contribution < 1.29 is 40.9 Å². The van der Waals surface area contributed by atoms with Crippen LogP contribution in [-0.2, 0) is 0 Å². The van der Waals surface area contributed by atoms with E-state index in [1.165, 1.54) is 0 Å². The summed E-state index contributed by atoms with van der Waals surface area (Å²) >= 11 is 0. The second-order valence-electron chi connectivity index (χ2n) is 16.7. The summed E-state index contributed by atoms with van der Waals surface area (Å²) in [5, 5.41) is 88.2. The molecule has 0 aromatic carbocycles. The zero-order valence-electron chi connectivity index (χ0n) is 29.3. The third kappa shape index (κ3) is 4.42. The predicted molar refractivity (Wildman–Crippen MR) is 199 cm³/mol. The Labute approximate surface area is 309 Å². The highest BCUT2D eigenvalue weighted by Crippen LogP contribution is 2.60. The van der Waals surface area contributed by atoms with E-state index in [-0.39, 0.29) is 29.6 Å². The normalized spacial score (nSPS) is 40.1. The van der Waals surface area contributed by atoms with Crippen molar-refractivity contribution in [2.45, 2.75) is 80.4 Å². The molecule has 12 heteroatoms. The third-order valence-electron chi connectivity index (χ3n) is 13.8. The Kier molecular flexibility index (Phi) is 7.00. The summed E-state index contributed by atoms with van der Waals surface area (Å²) in [5.74, 6) is -2.52. The molecule has 3 aromatic heterocycles. The van der Waals surface area contributed by atoms with Gasteiger partial charge in [0.05, 0.1) is 71.6 Å². The Hall–Kier alpha value is -4.24. The van der Waals surface area contributed by atoms with Crippen molar-refractivity contribution in [3.05, 3.63) is 94.6 Å². The molecule has 15 atom stereocenters. The standard InChI is InChI=1S/C42H42N4O8/c1-14-2-3-18(38(50)36(14)48)20-7-16-9-28-33-22-11-24(42(54)40(22)52)35(33)30(46-28)13-29-34-23-10-21(39(51)41(23)53)32(34)27(45-29)8-15-6-19(17-4-5-31(47)37(17)49)25(43-15)12-26(20)44-16/h2-9,12-14,17-18,21-24,31,36-44,47-54H,10-11H2,1H3. The Morgan fingerprint density at radius 1 is 0.463 bits per heavy atom. The molecule has 3 aromatic rings. The summed E-state index contributed by atoms with van der Waals surface area (Å²) in [5.41, 5.74) is 10.3. The van der Waals surface area contributed by atoms with Crippen LogP contribution < -0.4 is 0 Å². The summed E-state index contributed by atoms with van der Waals surface area (Å²) in [7, 11) is 0. The predicted octanol–water partition coefficient (Wildman–Crippen LogP) is 2.27. The molecule has 0 radical (unpaired) electrons. The van der Waals surface area contributed by atoms with Gasteiger partial charge < -0.3 is 50.8 Å². The Morgan fingerprint density at radius 2 is 0.889 bits per heavy atom. The molecule has 0 amide bonds. The molecule has 8 aliphatic rings. The van der Waals surface area contributed by atoms with Crippen LogP contribution in [-0.4, -0.2) is 110 Å². The lowest BCUT2D eigenvalue weighted by atomic mass is 9.81. The van der Waals surface area contributed by atoms with E-state index >= 15 is 0 Å². The molecule has 278 valence electrons. The molecular weight excluding hydrogens is 688 g/mol. The molecule has 11 rings (SSSR count). The second kappa shape index (κ2) is 11.4. The molecular formula is C42H42N4O8. The van der Waals surface area contributed by atoms with Gasteiger partial charge >= 0.3 is 0 Å². The van der Waals surface area contributed by atoms with Gasteiger partial charge in [-0.15, -0.1) is 0 Å². The number of hydrogen-bond acceptors (Lipinski definition) is 10. The number of aliphatic hydroxyl groups excluding tert-OH is 8. The molecule has 15 unspecified atom stereocenters. The fourth-order valence-corrected chi connectivity index (χ4v) is 11.1. The number of aromatic amines is 2. The van der Waals surface area contributed by atoms with Gasteiger partial charge in [-0.05, 0) is 82.7 Å². The largest absolute Gasteiger partial charge is 0.390 e. The van der Waals surface area contributed by atoms with Crippen LogP contribution in [0.15, 0.2) is 60.7 Å². The minimum atomic E-state index is -1.07. The third-order valence-corrected chi connectivity index (χ3v) is 13.8. The molecule has 12 nitrogen and oxygen atoms in total. The number of fused-ring (bicyclic) bond motifs is 20. The fourth-order valence-electron chi connectivity index (χ4n) is 11.1. The lowest BCUT2D eigenvalue weighted by Crippen LogP contribution is -2.38. The van der Waals surface area contributed by atoms with Crippen LogP contribution in [0, 0.1) is 29.6 Å². The highest BCUT2D eigenvalue weighted by Gasteiger charge is 2.56. The molecule has 12 bridgehead atoms. The van der Waals surface area contributed by atoms with Gasteiger partial charge in [-0.25, -0.2) is 9.97 Å². The van der Waals surface area contributed by atoms with Crippen LogP contribution in [0.25, 0.3) is 44.4 Å². The second-order valence-corrected chi connectivity index (χ2v) is 16.7. The number of aromatic nitrogens is 4. The molecule has 0 saturated heterocycles. The van der Waals surface area contributed by atoms with Crippen molar-refractivity contribution in [2.24, 2.45) is 29.6 Å². The van der Waals surface area contributed by atoms with Gasteiger partial charge in [0.2, 0.25) is 0 Å². The Morgan fingerprint density at radius 3 is 1.33 bits per heavy atom. The highest BCUT2D eigenvalue weighted by molar-refractivity contribution is 6.01. The van der Waals surface area contributed by atoms with Crippen LogP contribution in [0.3, 0.4) is 0 Å². The molecule has 0 spiro atoms. The number of aliphatic hydroxyl groups is 8. The first-order valence-electron chi connectivity index (χ1n) is 19.0. The average Bonchev–Trinajstić information content (AvgIpc) is 4.02. The van der Waals surface area contributed by atoms with Crippen molar-refractivity contribution in [2.75, 3.05) is 0 Å². The summed E-state index contributed by atoms with van der Waals surface area (Å²) in [6.07, 6.45) is 0.553. The Balaban J connectivity index is 1.22. The van der Waals surface area contributed by atoms with E-state index in [1.807, 2.05) is 55.5 Å². The fraction of sp³-hybridized carbons (Fsp3) is 0.429. The van der Waals surface area contributed by atoms with Gasteiger partial charge in [0.15, 0.2) is 0 Å². The summed E-state index contributed by atoms with van der Waals surface area (Å²) < 4.78 is 0. The van der Waals surface area contributed by atoms with Crippen LogP contribution in [0.4, 0.5) is 0 Å². The summed E-state index contributed by atoms with van der Waals surface area (Å²) in [4.78, 5) is 17.3. The SMILES string of the molecule is CC1C=CC(c2cc3cc4nc(cc5nc(cc6cc(C7C=CC(O)C7O)c(cc2[nH]3)[nH]6)C2=C5C3CC2C(O)C3O)C2=C4C3CC2C(O)C3O)C(O)C1O. The van der Waals surface area contributed by atoms with Crippen molar-refractivity contribution in [3.8, 4) is 0 Å². The minimum absolute atomic E-state index is 0.229. The number of nitrogens with zero attached hydrogens (tertiary/aromatic N) is 2. The average molecular weight is 731 g/mol. The first-order valence-corrected chi connectivity index (χ1v) is 19.0. The van der Waals surface area contributed by atoms with E-state index in [1.54, 1.807) is 12.2 Å². The maximum Gasteiger partial charge on any atom is 0.0989 e. The maximum atomic E-state index is 11.4. The van der Waals surface area contributed by atoms with Crippen LogP contribution in [0.5, 0.6) is 0 Å². The van der Waals surface area contributed by atoms with Gasteiger partial charge in [-0.1, -0.05) is 31.2 Å². The Bertz CT molecular complexity index is 2440. The van der Waals surface area contributed by atoms with E-state index in [0.29, 0.717) is 57.7 Å². The highest BCUT2D eigenvalue weighted by atomic mass is 16.3. The van der Waals surface area contributed by atoms with Crippen LogP contribution in [0.1, 0.15) is 65.5 Å². The van der Waals surface area contributed by atoms with Gasteiger partial charge in [0.25, 0.3) is 0 Å². The van der Waals surface area contributed by atoms with Gasteiger partial charge in [0.1, 0.15) is 0 Å². The molecule has 2 fully saturated rings. The summed E-state index contributed by atoms with van der Waals surface area (Å²) in [6.45, 7) is 1.86. The smallest absolute Gasteiger partial charge is 0.0989 e. The molecule has 2 aliphatic heterocycles. The van der Waals surface area contributed by atoms with Gasteiger partial charge in [-0.2, -0.15) is 0 Å². The van der Waals surface area contributed by atoms with E-state index in [4.69, 9.17) is 9.97 Å². The van der Waals surface area contributed by atoms with E-state index in [9.17, 15) is 40.9 Å². The zero-order valence-corrected chi connectivity index (χ0v) is 29.3. The monoisotopic (exact) mass is 730 g/mol. The lowest BCUT2D eigenvalue weighted by molar-refractivity contribution is -0.0146. The lowest BCUT2D eigenvalue weighted by Gasteiger charge is -2.31. The summed E-state index contributed by atoms with van der Waals surface area (Å²) in [6, 6.07) is 11.6. The van der Waals surface area contributed by atoms with Crippen molar-refractivity contribution in [3.63, 3.8) is 0 Å². The number of nitrogens with one attached hydrogen (secondary N) is 2. The number of H-pyrrole nitrogens is 2. The van der Waals surface area contributed by atoms with E-state index in [2.05, 4.69) is 9.97 Å². The molecule has 2 saturated carbocycles. The quantitative estimate of drug-likeness (QED) is 0.174. The number of hydrogen-bond donors (Lipinski definition) is 10. The molecule has 54 heavy (non-hydrogen) atoms. The molecule has 5 heterocycles. The van der Waals surface area contributed by atoms with E-state index < -0.39 is 60.7 Å². The van der Waals surface area contributed by atoms with Crippen LogP contribution >= 0.6 is 0 Å². The first-order chi connectivity index (χ1) is 26.0. The topological polar surface area (TPSA) is 219 Å². The van der Waals surface area contributed by atoms with Crippen molar-refractivity contribution >= 4 is 44.4 Å². The molecule has 10 N–H and O–H groups in total. The van der Waals surface area contributed by atoms with E-state index in [0.717, 1.165) is 33.4 Å². The number of rotatable bonds is 2. The van der Waals surface area contributed by atoms with Crippen molar-refractivity contribution in [1.29, 1.82) is 0 Å². The van der Waals surface area contributed by atoms with Crippen molar-refractivity contribution in [1.82, 2.24) is 19.9 Å². The van der Waals surface area contributed by atoms with Gasteiger partial charge in [0, 0.05) is 63.5 Å². The first kappa shape index (κ1) is 33.1. The zero-order chi connectivity index (χ0) is 37.1. The molecule has 6 aliphatic carbocycles.